The summed E-state index contributed by atoms with van der Waals surface area (Å²) in [6.07, 6.45) is 2.57. The largest absolute Gasteiger partial charge is 0.463 e. The highest BCUT2D eigenvalue weighted by molar-refractivity contribution is 5.90. The second-order valence-corrected chi connectivity index (χ2v) is 4.71. The summed E-state index contributed by atoms with van der Waals surface area (Å²) in [4.78, 5) is 12.1. The number of rotatable bonds is 4. The lowest BCUT2D eigenvalue weighted by atomic mass is 9.94. The Bertz CT molecular complexity index is 443. The zero-order valence-electron chi connectivity index (χ0n) is 11.4. The van der Waals surface area contributed by atoms with Crippen LogP contribution in [0.2, 0.25) is 0 Å². The number of carbonyl (C=O) groups excluding carboxylic acids is 1. The smallest absolute Gasteiger partial charge is 0.334 e. The molecule has 1 heterocycles. The van der Waals surface area contributed by atoms with Crippen molar-refractivity contribution in [2.75, 3.05) is 19.7 Å². The second-order valence-electron chi connectivity index (χ2n) is 4.71. The lowest BCUT2D eigenvalue weighted by Crippen LogP contribution is -2.25. The Morgan fingerprint density at radius 3 is 2.53 bits per heavy atom. The van der Waals surface area contributed by atoms with Crippen LogP contribution < -0.4 is 5.32 Å². The average Bonchev–Trinajstić information content (AvgIpc) is 2.47. The molecule has 2 rings (SSSR count). The zero-order chi connectivity index (χ0) is 13.5. The predicted molar refractivity (Wildman–Crippen MR) is 75.9 cm³/mol. The highest BCUT2D eigenvalue weighted by atomic mass is 16.5. The molecule has 0 unspecified atom stereocenters. The van der Waals surface area contributed by atoms with E-state index >= 15 is 0 Å². The van der Waals surface area contributed by atoms with Gasteiger partial charge in [-0.25, -0.2) is 4.79 Å². The van der Waals surface area contributed by atoms with Gasteiger partial charge in [-0.2, -0.15) is 0 Å². The van der Waals surface area contributed by atoms with Crippen LogP contribution in [0.15, 0.2) is 41.5 Å². The third kappa shape index (κ3) is 3.93. The van der Waals surface area contributed by atoms with E-state index in [1.165, 1.54) is 5.57 Å². The lowest BCUT2D eigenvalue weighted by Gasteiger charge is -2.19. The molecular formula is C16H21NO2. The standard InChI is InChI=1S/C16H21NO2/c1-2-19-16(18)15(14-8-10-17-11-9-14)12-13-6-4-3-5-7-13/h3-7,17H,2,8-12H2,1H3. The monoisotopic (exact) mass is 259 g/mol. The van der Waals surface area contributed by atoms with Crippen molar-refractivity contribution in [3.05, 3.63) is 47.0 Å². The van der Waals surface area contributed by atoms with Gasteiger partial charge in [-0.1, -0.05) is 35.9 Å². The van der Waals surface area contributed by atoms with Crippen molar-refractivity contribution in [2.24, 2.45) is 0 Å². The topological polar surface area (TPSA) is 38.3 Å². The molecule has 1 fully saturated rings. The van der Waals surface area contributed by atoms with Gasteiger partial charge in [0.1, 0.15) is 0 Å². The van der Waals surface area contributed by atoms with Crippen molar-refractivity contribution in [2.45, 2.75) is 26.2 Å². The van der Waals surface area contributed by atoms with Gasteiger partial charge in [-0.3, -0.25) is 0 Å². The van der Waals surface area contributed by atoms with Crippen molar-refractivity contribution in [1.29, 1.82) is 0 Å². The number of benzene rings is 1. The lowest BCUT2D eigenvalue weighted by molar-refractivity contribution is -0.138. The molecule has 0 bridgehead atoms. The molecule has 0 atom stereocenters. The summed E-state index contributed by atoms with van der Waals surface area (Å²) >= 11 is 0. The number of hydrogen-bond acceptors (Lipinski definition) is 3. The molecule has 102 valence electrons. The maximum atomic E-state index is 12.1. The zero-order valence-corrected chi connectivity index (χ0v) is 11.4. The molecule has 0 amide bonds. The Balaban J connectivity index is 2.21. The van der Waals surface area contributed by atoms with E-state index in [-0.39, 0.29) is 5.97 Å². The molecule has 1 aromatic rings. The summed E-state index contributed by atoms with van der Waals surface area (Å²) < 4.78 is 5.21. The Hall–Kier alpha value is -1.61. The first-order valence-corrected chi connectivity index (χ1v) is 6.94. The van der Waals surface area contributed by atoms with Gasteiger partial charge in [0.25, 0.3) is 0 Å². The average molecular weight is 259 g/mol. The molecule has 0 spiro atoms. The Morgan fingerprint density at radius 2 is 1.89 bits per heavy atom. The third-order valence-electron chi connectivity index (χ3n) is 3.38. The van der Waals surface area contributed by atoms with Crippen LogP contribution in [0.4, 0.5) is 0 Å². The summed E-state index contributed by atoms with van der Waals surface area (Å²) in [5, 5.41) is 3.32. The van der Waals surface area contributed by atoms with Gasteiger partial charge < -0.3 is 10.1 Å². The van der Waals surface area contributed by atoms with E-state index in [1.54, 1.807) is 0 Å². The van der Waals surface area contributed by atoms with Gasteiger partial charge in [0, 0.05) is 12.0 Å². The fourth-order valence-corrected chi connectivity index (χ4v) is 2.39. The molecule has 0 radical (unpaired) electrons. The minimum absolute atomic E-state index is 0.150. The van der Waals surface area contributed by atoms with Crippen LogP contribution in [0.5, 0.6) is 0 Å². The number of piperidine rings is 1. The van der Waals surface area contributed by atoms with E-state index in [0.717, 1.165) is 37.1 Å². The van der Waals surface area contributed by atoms with Crippen molar-refractivity contribution in [3.8, 4) is 0 Å². The van der Waals surface area contributed by atoms with Gasteiger partial charge >= 0.3 is 5.97 Å². The van der Waals surface area contributed by atoms with E-state index in [1.807, 2.05) is 25.1 Å². The van der Waals surface area contributed by atoms with Crippen LogP contribution in [0.25, 0.3) is 0 Å². The van der Waals surface area contributed by atoms with Gasteiger partial charge in [0.05, 0.1) is 6.61 Å². The normalized spacial score (nSPS) is 15.1. The van der Waals surface area contributed by atoms with Crippen LogP contribution in [0, 0.1) is 0 Å². The van der Waals surface area contributed by atoms with E-state index in [0.29, 0.717) is 13.0 Å². The number of hydrogen-bond donors (Lipinski definition) is 1. The van der Waals surface area contributed by atoms with Crippen LogP contribution in [0.1, 0.15) is 25.3 Å². The number of carbonyl (C=O) groups is 1. The fraction of sp³-hybridized carbons (Fsp3) is 0.438. The number of ether oxygens (including phenoxy) is 1. The molecule has 3 heteroatoms. The maximum absolute atomic E-state index is 12.1. The highest BCUT2D eigenvalue weighted by Crippen LogP contribution is 2.21. The van der Waals surface area contributed by atoms with Crippen LogP contribution in [-0.2, 0) is 16.0 Å². The van der Waals surface area contributed by atoms with Gasteiger partial charge in [-0.05, 0) is 38.4 Å². The molecule has 1 aliphatic rings. The Kier molecular flexibility index (Phi) is 5.16. The molecule has 0 aromatic heterocycles. The highest BCUT2D eigenvalue weighted by Gasteiger charge is 2.18. The van der Waals surface area contributed by atoms with Gasteiger partial charge in [-0.15, -0.1) is 0 Å². The molecular weight excluding hydrogens is 238 g/mol. The van der Waals surface area contributed by atoms with Crippen molar-refractivity contribution in [1.82, 2.24) is 5.32 Å². The minimum atomic E-state index is -0.150. The summed E-state index contributed by atoms with van der Waals surface area (Å²) in [5.41, 5.74) is 3.27. The molecule has 1 N–H and O–H groups in total. The van der Waals surface area contributed by atoms with E-state index < -0.39 is 0 Å². The van der Waals surface area contributed by atoms with Crippen LogP contribution >= 0.6 is 0 Å². The van der Waals surface area contributed by atoms with Crippen LogP contribution in [-0.4, -0.2) is 25.7 Å². The van der Waals surface area contributed by atoms with Crippen molar-refractivity contribution < 1.29 is 9.53 Å². The summed E-state index contributed by atoms with van der Waals surface area (Å²) in [7, 11) is 0. The quantitative estimate of drug-likeness (QED) is 0.667. The molecule has 1 saturated heterocycles. The SMILES string of the molecule is CCOC(=O)C(Cc1ccccc1)=C1CCNCC1. The molecule has 0 aliphatic carbocycles. The number of esters is 1. The third-order valence-corrected chi connectivity index (χ3v) is 3.38. The Labute approximate surface area is 114 Å². The van der Waals surface area contributed by atoms with Crippen molar-refractivity contribution >= 4 is 5.97 Å². The molecule has 19 heavy (non-hydrogen) atoms. The maximum Gasteiger partial charge on any atom is 0.334 e. The molecule has 1 aliphatic heterocycles. The minimum Gasteiger partial charge on any atom is -0.463 e. The second kappa shape index (κ2) is 7.10. The first-order chi connectivity index (χ1) is 9.31. The van der Waals surface area contributed by atoms with Gasteiger partial charge in [0.2, 0.25) is 0 Å². The van der Waals surface area contributed by atoms with Crippen molar-refractivity contribution in [3.63, 3.8) is 0 Å². The molecule has 0 saturated carbocycles. The Morgan fingerprint density at radius 1 is 1.21 bits per heavy atom. The summed E-state index contributed by atoms with van der Waals surface area (Å²) in [5.74, 6) is -0.150. The fourth-order valence-electron chi connectivity index (χ4n) is 2.39. The van der Waals surface area contributed by atoms with E-state index in [4.69, 9.17) is 4.74 Å². The molecule has 1 aromatic carbocycles. The number of nitrogens with one attached hydrogen (secondary N) is 1. The van der Waals surface area contributed by atoms with Crippen LogP contribution in [0.3, 0.4) is 0 Å². The summed E-state index contributed by atoms with van der Waals surface area (Å²) in [6.45, 7) is 4.19. The van der Waals surface area contributed by atoms with Gasteiger partial charge in [0.15, 0.2) is 0 Å². The summed E-state index contributed by atoms with van der Waals surface area (Å²) in [6, 6.07) is 10.1. The predicted octanol–water partition coefficient (Wildman–Crippen LogP) is 2.47. The molecule has 3 nitrogen and oxygen atoms in total. The first kappa shape index (κ1) is 13.8. The van der Waals surface area contributed by atoms with E-state index in [9.17, 15) is 4.79 Å². The first-order valence-electron chi connectivity index (χ1n) is 6.94. The van der Waals surface area contributed by atoms with E-state index in [2.05, 4.69) is 17.4 Å².